The number of thiophene rings is 1. The number of benzene rings is 1. The fourth-order valence-electron chi connectivity index (χ4n) is 5.69. The molecule has 0 bridgehead atoms. The lowest BCUT2D eigenvalue weighted by Gasteiger charge is -2.34. The van der Waals surface area contributed by atoms with Crippen molar-refractivity contribution in [2.45, 2.75) is 38.6 Å². The topological polar surface area (TPSA) is 92.5 Å². The molecule has 4 N–H and O–H groups in total. The van der Waals surface area contributed by atoms with Crippen LogP contribution in [-0.2, 0) is 6.42 Å². The molecule has 2 aromatic heterocycles. The van der Waals surface area contributed by atoms with Gasteiger partial charge in [-0.05, 0) is 62.9 Å². The largest absolute Gasteiger partial charge is 0.491 e. The zero-order valence-electron chi connectivity index (χ0n) is 19.5. The maximum absolute atomic E-state index is 13.0. The van der Waals surface area contributed by atoms with Crippen LogP contribution in [0.15, 0.2) is 30.3 Å². The van der Waals surface area contributed by atoms with E-state index in [1.807, 2.05) is 19.1 Å². The van der Waals surface area contributed by atoms with Crippen LogP contribution in [0.25, 0.3) is 10.2 Å². The molecule has 0 radical (unpaired) electrons. The van der Waals surface area contributed by atoms with Crippen molar-refractivity contribution in [1.82, 2.24) is 15.6 Å². The van der Waals surface area contributed by atoms with Gasteiger partial charge in [0.25, 0.3) is 5.91 Å². The quantitative estimate of drug-likeness (QED) is 0.535. The number of pyridine rings is 1. The van der Waals surface area contributed by atoms with Gasteiger partial charge in [0.2, 0.25) is 0 Å². The molecule has 0 saturated carbocycles. The SMILES string of the molecule is Cc1ccc2c(N)c(C(=O)N[C@H]3COc4cc(N5CC[C@@]6(CCCNC6)C5)ccc4C3)sc2n1. The van der Waals surface area contributed by atoms with Gasteiger partial charge in [-0.3, -0.25) is 4.79 Å². The summed E-state index contributed by atoms with van der Waals surface area (Å²) in [6, 6.07) is 10.3. The number of nitrogens with two attached hydrogens (primary N) is 1. The summed E-state index contributed by atoms with van der Waals surface area (Å²) in [7, 11) is 0. The molecule has 34 heavy (non-hydrogen) atoms. The number of nitrogens with zero attached hydrogens (tertiary/aromatic N) is 2. The Balaban J connectivity index is 1.13. The van der Waals surface area contributed by atoms with Crippen molar-refractivity contribution in [2.24, 2.45) is 5.41 Å². The van der Waals surface area contributed by atoms with Gasteiger partial charge in [0.1, 0.15) is 22.1 Å². The number of nitrogens with one attached hydrogen (secondary N) is 2. The average molecular weight is 478 g/mol. The van der Waals surface area contributed by atoms with E-state index in [0.717, 1.165) is 59.8 Å². The Bertz CT molecular complexity index is 1250. The number of nitrogen functional groups attached to an aromatic ring is 1. The smallest absolute Gasteiger partial charge is 0.263 e. The molecule has 0 unspecified atom stereocenters. The summed E-state index contributed by atoms with van der Waals surface area (Å²) in [5.41, 5.74) is 10.5. The van der Waals surface area contributed by atoms with Gasteiger partial charge in [0.05, 0.1) is 11.7 Å². The molecular formula is C26H31N5O2S. The lowest BCUT2D eigenvalue weighted by molar-refractivity contribution is 0.0920. The molecule has 2 fully saturated rings. The van der Waals surface area contributed by atoms with Crippen LogP contribution >= 0.6 is 11.3 Å². The van der Waals surface area contributed by atoms with E-state index >= 15 is 0 Å². The number of aryl methyl sites for hydroxylation is 1. The summed E-state index contributed by atoms with van der Waals surface area (Å²) in [5.74, 6) is 0.780. The summed E-state index contributed by atoms with van der Waals surface area (Å²) in [4.78, 5) is 21.3. The third-order valence-electron chi connectivity index (χ3n) is 7.60. The lowest BCUT2D eigenvalue weighted by Crippen LogP contribution is -2.42. The number of hydrogen-bond donors (Lipinski definition) is 3. The van der Waals surface area contributed by atoms with Crippen molar-refractivity contribution in [3.05, 3.63) is 46.5 Å². The second-order valence-corrected chi connectivity index (χ2v) is 11.1. The Kier molecular flexibility index (Phi) is 5.37. The van der Waals surface area contributed by atoms with Crippen LogP contribution in [0.3, 0.4) is 0 Å². The molecule has 178 valence electrons. The second kappa shape index (κ2) is 8.43. The van der Waals surface area contributed by atoms with Crippen LogP contribution < -0.4 is 26.0 Å². The zero-order chi connectivity index (χ0) is 23.3. The molecular weight excluding hydrogens is 446 g/mol. The fraction of sp³-hybridized carbons (Fsp3) is 0.462. The van der Waals surface area contributed by atoms with Crippen LogP contribution in [0.2, 0.25) is 0 Å². The number of anilines is 2. The van der Waals surface area contributed by atoms with E-state index in [1.54, 1.807) is 0 Å². The number of hydrogen-bond acceptors (Lipinski definition) is 7. The highest BCUT2D eigenvalue weighted by molar-refractivity contribution is 7.21. The van der Waals surface area contributed by atoms with Crippen molar-refractivity contribution < 1.29 is 9.53 Å². The van der Waals surface area contributed by atoms with Gasteiger partial charge in [0, 0.05) is 47.9 Å². The standard InChI is InChI=1S/C26H31N5O2S/c1-16-3-6-20-22(27)23(34-25(20)29-16)24(32)30-18-11-17-4-5-19(12-21(17)33-13-18)31-10-8-26(15-31)7-2-9-28-14-26/h3-6,12,18,28H,2,7-11,13-15,27H2,1H3,(H,30,32)/t18-,26-/m1/s1. The van der Waals surface area contributed by atoms with Gasteiger partial charge < -0.3 is 26.0 Å². The predicted molar refractivity (Wildman–Crippen MR) is 137 cm³/mol. The van der Waals surface area contributed by atoms with Gasteiger partial charge >= 0.3 is 0 Å². The maximum Gasteiger partial charge on any atom is 0.263 e. The number of amides is 1. The molecule has 6 rings (SSSR count). The number of aromatic nitrogens is 1. The highest BCUT2D eigenvalue weighted by atomic mass is 32.1. The number of ether oxygens (including phenoxy) is 1. The summed E-state index contributed by atoms with van der Waals surface area (Å²) in [6.45, 7) is 6.89. The van der Waals surface area contributed by atoms with Gasteiger partial charge in [0.15, 0.2) is 0 Å². The van der Waals surface area contributed by atoms with Crippen molar-refractivity contribution in [1.29, 1.82) is 0 Å². The molecule has 1 amide bonds. The number of carbonyl (C=O) groups excluding carboxylic acids is 1. The Hall–Kier alpha value is -2.84. The van der Waals surface area contributed by atoms with E-state index in [4.69, 9.17) is 10.5 Å². The Labute approximate surface area is 203 Å². The molecule has 1 aromatic carbocycles. The Morgan fingerprint density at radius 2 is 2.24 bits per heavy atom. The Morgan fingerprint density at radius 1 is 1.32 bits per heavy atom. The van der Waals surface area contributed by atoms with Crippen molar-refractivity contribution in [3.63, 3.8) is 0 Å². The summed E-state index contributed by atoms with van der Waals surface area (Å²) < 4.78 is 6.12. The number of rotatable bonds is 3. The number of fused-ring (bicyclic) bond motifs is 2. The second-order valence-electron chi connectivity index (χ2n) is 10.1. The van der Waals surface area contributed by atoms with Gasteiger partial charge in [-0.15, -0.1) is 11.3 Å². The monoisotopic (exact) mass is 477 g/mol. The molecule has 3 aliphatic rings. The van der Waals surface area contributed by atoms with Crippen LogP contribution in [0.1, 0.15) is 40.2 Å². The van der Waals surface area contributed by atoms with Crippen LogP contribution in [0.4, 0.5) is 11.4 Å². The van der Waals surface area contributed by atoms with Crippen molar-refractivity contribution >= 4 is 38.8 Å². The van der Waals surface area contributed by atoms with E-state index in [-0.39, 0.29) is 11.9 Å². The first-order valence-electron chi connectivity index (χ1n) is 12.2. The van der Waals surface area contributed by atoms with E-state index < -0.39 is 0 Å². The molecule has 3 aromatic rings. The van der Waals surface area contributed by atoms with E-state index in [1.165, 1.54) is 36.3 Å². The van der Waals surface area contributed by atoms with Crippen molar-refractivity contribution in [3.8, 4) is 5.75 Å². The molecule has 5 heterocycles. The lowest BCUT2D eigenvalue weighted by atomic mass is 9.80. The van der Waals surface area contributed by atoms with Crippen molar-refractivity contribution in [2.75, 3.05) is 43.4 Å². The minimum absolute atomic E-state index is 0.0893. The molecule has 2 saturated heterocycles. The fourth-order valence-corrected chi connectivity index (χ4v) is 6.74. The predicted octanol–water partition coefficient (Wildman–Crippen LogP) is 3.50. The van der Waals surface area contributed by atoms with E-state index in [9.17, 15) is 4.79 Å². The zero-order valence-corrected chi connectivity index (χ0v) is 20.3. The van der Waals surface area contributed by atoms with Crippen LogP contribution in [-0.4, -0.2) is 49.7 Å². The molecule has 7 nitrogen and oxygen atoms in total. The normalized spacial score (nSPS) is 24.3. The van der Waals surface area contributed by atoms with Gasteiger partial charge in [-0.1, -0.05) is 6.07 Å². The first-order chi connectivity index (χ1) is 16.5. The van der Waals surface area contributed by atoms with E-state index in [2.05, 4.69) is 38.7 Å². The number of carbonyl (C=O) groups is 1. The minimum Gasteiger partial charge on any atom is -0.491 e. The number of piperidine rings is 1. The van der Waals surface area contributed by atoms with Gasteiger partial charge in [-0.2, -0.15) is 0 Å². The molecule has 1 spiro atoms. The van der Waals surface area contributed by atoms with Crippen LogP contribution in [0, 0.1) is 12.3 Å². The molecule has 0 aliphatic carbocycles. The molecule has 8 heteroatoms. The minimum atomic E-state index is -0.157. The third-order valence-corrected chi connectivity index (χ3v) is 8.71. The van der Waals surface area contributed by atoms with Crippen LogP contribution in [0.5, 0.6) is 5.75 Å². The first kappa shape index (κ1) is 21.7. The summed E-state index contributed by atoms with van der Waals surface area (Å²) in [5, 5.41) is 7.55. The highest BCUT2D eigenvalue weighted by Crippen LogP contribution is 2.40. The first-order valence-corrected chi connectivity index (χ1v) is 13.0. The van der Waals surface area contributed by atoms with E-state index in [0.29, 0.717) is 22.6 Å². The summed E-state index contributed by atoms with van der Waals surface area (Å²) >= 11 is 1.35. The molecule has 2 atom stereocenters. The highest BCUT2D eigenvalue weighted by Gasteiger charge is 2.39. The average Bonchev–Trinajstić information content (AvgIpc) is 3.40. The summed E-state index contributed by atoms with van der Waals surface area (Å²) in [6.07, 6.45) is 4.59. The third kappa shape index (κ3) is 3.88. The van der Waals surface area contributed by atoms with Gasteiger partial charge in [-0.25, -0.2) is 4.98 Å². The molecule has 3 aliphatic heterocycles. The maximum atomic E-state index is 13.0. The Morgan fingerprint density at radius 3 is 3.09 bits per heavy atom.